The molecular weight excluding hydrogens is 368 g/mol. The Kier molecular flexibility index (Phi) is 6.74. The monoisotopic (exact) mass is 384 g/mol. The van der Waals surface area contributed by atoms with Crippen molar-refractivity contribution in [3.8, 4) is 5.75 Å². The van der Waals surface area contributed by atoms with Crippen LogP contribution in [0.5, 0.6) is 5.75 Å². The fraction of sp³-hybridized carbons (Fsp3) is 0.500. The van der Waals surface area contributed by atoms with Crippen LogP contribution >= 0.6 is 27.5 Å². The molecule has 0 bridgehead atoms. The zero-order chi connectivity index (χ0) is 15.3. The predicted molar refractivity (Wildman–Crippen MR) is 84.1 cm³/mol. The van der Waals surface area contributed by atoms with Crippen LogP contribution in [0.25, 0.3) is 0 Å². The zero-order valence-electron chi connectivity index (χ0n) is 11.6. The maximum atomic E-state index is 12.6. The van der Waals surface area contributed by atoms with Crippen molar-refractivity contribution >= 4 is 37.6 Å². The third-order valence-corrected chi connectivity index (χ3v) is 5.44. The first-order valence-corrected chi connectivity index (χ1v) is 8.59. The summed E-state index contributed by atoms with van der Waals surface area (Å²) in [6.45, 7) is 1.16. The maximum Gasteiger partial charge on any atom is 0.246 e. The molecule has 0 aliphatic carbocycles. The van der Waals surface area contributed by atoms with E-state index in [9.17, 15) is 8.42 Å². The van der Waals surface area contributed by atoms with E-state index >= 15 is 0 Å². The van der Waals surface area contributed by atoms with E-state index in [0.717, 1.165) is 13.0 Å². The van der Waals surface area contributed by atoms with Crippen LogP contribution in [0.2, 0.25) is 5.02 Å². The van der Waals surface area contributed by atoms with Gasteiger partial charge < -0.3 is 10.1 Å². The van der Waals surface area contributed by atoms with Crippen LogP contribution in [0.4, 0.5) is 0 Å². The Morgan fingerprint density at radius 2 is 2.10 bits per heavy atom. The molecular formula is C12H18BrClN2O3S. The number of sulfonamides is 1. The number of hydrogen-bond donors (Lipinski definition) is 1. The van der Waals surface area contributed by atoms with Gasteiger partial charge in [0, 0.05) is 18.6 Å². The Morgan fingerprint density at radius 3 is 2.65 bits per heavy atom. The molecule has 8 heteroatoms. The highest BCUT2D eigenvalue weighted by Gasteiger charge is 2.26. The van der Waals surface area contributed by atoms with Crippen molar-refractivity contribution in [2.75, 3.05) is 34.3 Å². The normalized spacial score (nSPS) is 11.9. The van der Waals surface area contributed by atoms with Crippen LogP contribution in [0.1, 0.15) is 6.42 Å². The fourth-order valence-electron chi connectivity index (χ4n) is 1.69. The molecule has 1 aromatic carbocycles. The zero-order valence-corrected chi connectivity index (χ0v) is 14.8. The van der Waals surface area contributed by atoms with Gasteiger partial charge in [-0.3, -0.25) is 0 Å². The minimum absolute atomic E-state index is 0.0614. The molecule has 20 heavy (non-hydrogen) atoms. The van der Waals surface area contributed by atoms with Gasteiger partial charge in [-0.1, -0.05) is 11.6 Å². The Bertz CT molecular complexity index is 566. The first-order chi connectivity index (χ1) is 9.34. The van der Waals surface area contributed by atoms with Crippen LogP contribution in [-0.2, 0) is 10.0 Å². The Balaban J connectivity index is 3.14. The second-order valence-corrected chi connectivity index (χ2v) is 7.51. The van der Waals surface area contributed by atoms with Crippen LogP contribution in [0.3, 0.4) is 0 Å². The number of benzene rings is 1. The van der Waals surface area contributed by atoms with E-state index in [-0.39, 0.29) is 10.6 Å². The van der Waals surface area contributed by atoms with Crippen molar-refractivity contribution in [3.63, 3.8) is 0 Å². The smallest absolute Gasteiger partial charge is 0.246 e. The van der Waals surface area contributed by atoms with E-state index in [1.807, 2.05) is 7.05 Å². The summed E-state index contributed by atoms with van der Waals surface area (Å²) in [5.74, 6) is 0.259. The first kappa shape index (κ1) is 17.7. The maximum absolute atomic E-state index is 12.6. The van der Waals surface area contributed by atoms with E-state index in [1.165, 1.54) is 17.5 Å². The van der Waals surface area contributed by atoms with E-state index in [4.69, 9.17) is 16.3 Å². The number of rotatable bonds is 7. The van der Waals surface area contributed by atoms with E-state index in [0.29, 0.717) is 16.0 Å². The van der Waals surface area contributed by atoms with Crippen molar-refractivity contribution in [2.45, 2.75) is 11.3 Å². The molecule has 0 heterocycles. The number of halogens is 2. The Morgan fingerprint density at radius 1 is 1.45 bits per heavy atom. The summed E-state index contributed by atoms with van der Waals surface area (Å²) in [4.78, 5) is 0.0614. The Labute approximate surface area is 133 Å². The van der Waals surface area contributed by atoms with Crippen molar-refractivity contribution in [2.24, 2.45) is 0 Å². The van der Waals surface area contributed by atoms with Gasteiger partial charge in [0.2, 0.25) is 10.0 Å². The third-order valence-electron chi connectivity index (χ3n) is 2.77. The Hall–Kier alpha value is -0.340. The van der Waals surface area contributed by atoms with Gasteiger partial charge in [0.15, 0.2) is 5.75 Å². The topological polar surface area (TPSA) is 58.6 Å². The van der Waals surface area contributed by atoms with Gasteiger partial charge >= 0.3 is 0 Å². The van der Waals surface area contributed by atoms with Crippen LogP contribution < -0.4 is 10.1 Å². The standard InChI is InChI=1S/C12H18BrClN2O3S/c1-15-5-4-6-16(2)20(17,18)11-8-9(14)7-10(13)12(11)19-3/h7-8,15H,4-6H2,1-3H3. The summed E-state index contributed by atoms with van der Waals surface area (Å²) in [5, 5.41) is 3.31. The van der Waals surface area contributed by atoms with Gasteiger partial charge in [-0.2, -0.15) is 0 Å². The van der Waals surface area contributed by atoms with Gasteiger partial charge in [0.1, 0.15) is 4.90 Å². The molecule has 0 radical (unpaired) electrons. The molecule has 0 saturated carbocycles. The molecule has 1 aromatic rings. The summed E-state index contributed by atoms with van der Waals surface area (Å²) in [5.41, 5.74) is 0. The number of nitrogens with zero attached hydrogens (tertiary/aromatic N) is 1. The van der Waals surface area contributed by atoms with Gasteiger partial charge in [-0.05, 0) is 48.1 Å². The molecule has 1 rings (SSSR count). The molecule has 0 unspecified atom stereocenters. The third kappa shape index (κ3) is 4.08. The molecule has 0 amide bonds. The average molecular weight is 386 g/mol. The van der Waals surface area contributed by atoms with E-state index in [2.05, 4.69) is 21.2 Å². The second kappa shape index (κ2) is 7.61. The van der Waals surface area contributed by atoms with E-state index in [1.54, 1.807) is 13.1 Å². The summed E-state index contributed by atoms with van der Waals surface area (Å²) in [6, 6.07) is 3.00. The summed E-state index contributed by atoms with van der Waals surface area (Å²) in [7, 11) is 1.15. The second-order valence-electron chi connectivity index (χ2n) is 4.20. The molecule has 0 aliphatic heterocycles. The van der Waals surface area contributed by atoms with E-state index < -0.39 is 10.0 Å². The summed E-state index contributed by atoms with van der Waals surface area (Å²) in [6.07, 6.45) is 0.719. The lowest BCUT2D eigenvalue weighted by Gasteiger charge is -2.19. The lowest BCUT2D eigenvalue weighted by molar-refractivity contribution is 0.395. The molecule has 0 atom stereocenters. The molecule has 0 fully saturated rings. The lowest BCUT2D eigenvalue weighted by Crippen LogP contribution is -2.30. The van der Waals surface area contributed by atoms with Gasteiger partial charge in [0.25, 0.3) is 0 Å². The van der Waals surface area contributed by atoms with Crippen LogP contribution in [-0.4, -0.2) is 47.0 Å². The van der Waals surface area contributed by atoms with Crippen LogP contribution in [0, 0.1) is 0 Å². The highest BCUT2D eigenvalue weighted by Crippen LogP contribution is 2.36. The van der Waals surface area contributed by atoms with Crippen molar-refractivity contribution < 1.29 is 13.2 Å². The molecule has 0 aliphatic rings. The van der Waals surface area contributed by atoms with Crippen LogP contribution in [0.15, 0.2) is 21.5 Å². The van der Waals surface area contributed by atoms with Crippen molar-refractivity contribution in [1.82, 2.24) is 9.62 Å². The van der Waals surface area contributed by atoms with Gasteiger partial charge in [0.05, 0.1) is 11.6 Å². The highest BCUT2D eigenvalue weighted by molar-refractivity contribution is 9.10. The molecule has 114 valence electrons. The lowest BCUT2D eigenvalue weighted by atomic mass is 10.3. The molecule has 0 aromatic heterocycles. The fourth-order valence-corrected chi connectivity index (χ4v) is 4.27. The van der Waals surface area contributed by atoms with Gasteiger partial charge in [-0.25, -0.2) is 12.7 Å². The van der Waals surface area contributed by atoms with Crippen molar-refractivity contribution in [3.05, 3.63) is 21.6 Å². The number of methoxy groups -OCH3 is 1. The molecule has 0 spiro atoms. The largest absolute Gasteiger partial charge is 0.494 e. The molecule has 0 saturated heterocycles. The average Bonchev–Trinajstić information content (AvgIpc) is 2.38. The number of nitrogens with one attached hydrogen (secondary N) is 1. The SMILES string of the molecule is CNCCCN(C)S(=O)(=O)c1cc(Cl)cc(Br)c1OC. The molecule has 1 N–H and O–H groups in total. The quantitative estimate of drug-likeness (QED) is 0.732. The minimum Gasteiger partial charge on any atom is -0.494 e. The number of ether oxygens (including phenoxy) is 1. The predicted octanol–water partition coefficient (Wildman–Crippen LogP) is 2.34. The minimum atomic E-state index is -3.64. The van der Waals surface area contributed by atoms with Gasteiger partial charge in [-0.15, -0.1) is 0 Å². The summed E-state index contributed by atoms with van der Waals surface area (Å²) < 4.78 is 32.1. The first-order valence-electron chi connectivity index (χ1n) is 5.98. The number of hydrogen-bond acceptors (Lipinski definition) is 4. The summed E-state index contributed by atoms with van der Waals surface area (Å²) >= 11 is 9.20. The van der Waals surface area contributed by atoms with Crippen molar-refractivity contribution in [1.29, 1.82) is 0 Å². The molecule has 5 nitrogen and oxygen atoms in total. The highest BCUT2D eigenvalue weighted by atomic mass is 79.9.